The Morgan fingerprint density at radius 2 is 1.95 bits per heavy atom. The third-order valence-corrected chi connectivity index (χ3v) is 3.78. The van der Waals surface area contributed by atoms with Gasteiger partial charge in [0.05, 0.1) is 5.92 Å². The number of rotatable bonds is 2. The highest BCUT2D eigenvalue weighted by molar-refractivity contribution is 5.83. The minimum atomic E-state index is -4.95. The van der Waals surface area contributed by atoms with Crippen LogP contribution in [0.2, 0.25) is 0 Å². The number of carboxylic acid groups (broad SMARTS) is 1. The molecule has 108 valence electrons. The Morgan fingerprint density at radius 1 is 1.26 bits per heavy atom. The van der Waals surface area contributed by atoms with E-state index >= 15 is 0 Å². The van der Waals surface area contributed by atoms with Crippen LogP contribution in [0.4, 0.5) is 13.2 Å². The van der Waals surface area contributed by atoms with Crippen LogP contribution in [-0.4, -0.2) is 54.4 Å². The maximum absolute atomic E-state index is 12.4. The Morgan fingerprint density at radius 3 is 2.42 bits per heavy atom. The van der Waals surface area contributed by atoms with E-state index in [1.165, 1.54) is 0 Å². The van der Waals surface area contributed by atoms with Crippen LogP contribution in [-0.2, 0) is 14.3 Å². The molecule has 8 heteroatoms. The van der Waals surface area contributed by atoms with Gasteiger partial charge < -0.3 is 14.7 Å². The van der Waals surface area contributed by atoms with Gasteiger partial charge >= 0.3 is 18.1 Å². The van der Waals surface area contributed by atoms with Crippen molar-refractivity contribution in [3.63, 3.8) is 0 Å². The highest BCUT2D eigenvalue weighted by Gasteiger charge is 2.50. The molecule has 5 nitrogen and oxygen atoms in total. The lowest BCUT2D eigenvalue weighted by atomic mass is 9.83. The minimum Gasteiger partial charge on any atom is -0.481 e. The summed E-state index contributed by atoms with van der Waals surface area (Å²) in [7, 11) is 0. The number of likely N-dealkylation sites (tertiary alicyclic amines) is 1. The number of hydrogen-bond acceptors (Lipinski definition) is 3. The minimum absolute atomic E-state index is 0.0906. The van der Waals surface area contributed by atoms with Crippen molar-refractivity contribution < 1.29 is 32.6 Å². The number of carbonyl (C=O) groups excluding carboxylic acids is 1. The molecule has 2 aliphatic rings. The number of nitrogens with zero attached hydrogens (tertiary/aromatic N) is 1. The molecule has 0 spiro atoms. The van der Waals surface area contributed by atoms with Crippen LogP contribution in [0.3, 0.4) is 0 Å². The molecule has 2 aliphatic heterocycles. The van der Waals surface area contributed by atoms with Crippen molar-refractivity contribution in [2.75, 3.05) is 26.3 Å². The summed E-state index contributed by atoms with van der Waals surface area (Å²) in [5.41, 5.74) is 0. The second-order valence-electron chi connectivity index (χ2n) is 4.94. The van der Waals surface area contributed by atoms with E-state index in [9.17, 15) is 22.8 Å². The SMILES string of the molecule is O=C(O)[C@@H]1CN(C(=O)C(F)(F)F)C[C@H]1C1CCOC1. The molecule has 0 aliphatic carbocycles. The summed E-state index contributed by atoms with van der Waals surface area (Å²) >= 11 is 0. The lowest BCUT2D eigenvalue weighted by molar-refractivity contribution is -0.184. The fourth-order valence-corrected chi connectivity index (χ4v) is 2.80. The molecule has 2 heterocycles. The summed E-state index contributed by atoms with van der Waals surface area (Å²) in [6.45, 7) is 0.293. The molecule has 0 saturated carbocycles. The zero-order valence-electron chi connectivity index (χ0n) is 10.0. The average Bonchev–Trinajstić information content (AvgIpc) is 2.95. The van der Waals surface area contributed by atoms with Crippen LogP contribution >= 0.6 is 0 Å². The normalized spacial score (nSPS) is 31.7. The van der Waals surface area contributed by atoms with Crippen LogP contribution in [0.1, 0.15) is 6.42 Å². The van der Waals surface area contributed by atoms with Gasteiger partial charge in [-0.05, 0) is 18.3 Å². The van der Waals surface area contributed by atoms with Crippen molar-refractivity contribution in [3.05, 3.63) is 0 Å². The van der Waals surface area contributed by atoms with Gasteiger partial charge in [0, 0.05) is 26.3 Å². The van der Waals surface area contributed by atoms with Crippen molar-refractivity contribution in [2.24, 2.45) is 17.8 Å². The first-order chi connectivity index (χ1) is 8.80. The van der Waals surface area contributed by atoms with Gasteiger partial charge in [0.25, 0.3) is 0 Å². The molecule has 1 unspecified atom stereocenters. The van der Waals surface area contributed by atoms with Gasteiger partial charge in [-0.25, -0.2) is 0 Å². The topological polar surface area (TPSA) is 66.8 Å². The van der Waals surface area contributed by atoms with Crippen molar-refractivity contribution in [1.82, 2.24) is 4.90 Å². The van der Waals surface area contributed by atoms with Crippen molar-refractivity contribution in [2.45, 2.75) is 12.6 Å². The van der Waals surface area contributed by atoms with Gasteiger partial charge in [-0.3, -0.25) is 9.59 Å². The number of halogens is 3. The first-order valence-electron chi connectivity index (χ1n) is 5.97. The van der Waals surface area contributed by atoms with Gasteiger partial charge in [0.2, 0.25) is 0 Å². The second-order valence-corrected chi connectivity index (χ2v) is 4.94. The van der Waals surface area contributed by atoms with Crippen LogP contribution in [0.5, 0.6) is 0 Å². The van der Waals surface area contributed by atoms with Crippen molar-refractivity contribution in [1.29, 1.82) is 0 Å². The molecule has 2 rings (SSSR count). The zero-order chi connectivity index (χ0) is 14.2. The van der Waals surface area contributed by atoms with E-state index in [1.54, 1.807) is 0 Å². The van der Waals surface area contributed by atoms with E-state index in [4.69, 9.17) is 9.84 Å². The molecule has 0 aromatic rings. The fraction of sp³-hybridized carbons (Fsp3) is 0.818. The Kier molecular flexibility index (Phi) is 3.71. The number of alkyl halides is 3. The zero-order valence-corrected chi connectivity index (χ0v) is 10.0. The maximum atomic E-state index is 12.4. The van der Waals surface area contributed by atoms with Gasteiger partial charge in [-0.15, -0.1) is 0 Å². The van der Waals surface area contributed by atoms with Gasteiger partial charge in [-0.1, -0.05) is 0 Å². The summed E-state index contributed by atoms with van der Waals surface area (Å²) in [6, 6.07) is 0. The number of ether oxygens (including phenoxy) is 1. The number of hydrogen-bond donors (Lipinski definition) is 1. The van der Waals surface area contributed by atoms with E-state index in [1.807, 2.05) is 0 Å². The quantitative estimate of drug-likeness (QED) is 0.811. The lowest BCUT2D eigenvalue weighted by Crippen LogP contribution is -2.40. The van der Waals surface area contributed by atoms with Crippen molar-refractivity contribution in [3.8, 4) is 0 Å². The van der Waals surface area contributed by atoms with Crippen LogP contribution in [0.25, 0.3) is 0 Å². The van der Waals surface area contributed by atoms with Gasteiger partial charge in [0.15, 0.2) is 0 Å². The number of amides is 1. The Bertz CT molecular complexity index is 379. The van der Waals surface area contributed by atoms with Crippen LogP contribution in [0, 0.1) is 17.8 Å². The molecular weight excluding hydrogens is 267 g/mol. The Labute approximate surface area is 107 Å². The fourth-order valence-electron chi connectivity index (χ4n) is 2.80. The summed E-state index contributed by atoms with van der Waals surface area (Å²) in [5.74, 6) is -4.62. The third-order valence-electron chi connectivity index (χ3n) is 3.78. The first-order valence-corrected chi connectivity index (χ1v) is 5.97. The van der Waals surface area contributed by atoms with E-state index < -0.39 is 29.9 Å². The highest BCUT2D eigenvalue weighted by Crippen LogP contribution is 2.36. The molecular formula is C11H14F3NO4. The summed E-state index contributed by atoms with van der Waals surface area (Å²) in [4.78, 5) is 22.9. The monoisotopic (exact) mass is 281 g/mol. The predicted octanol–water partition coefficient (Wildman–Crippen LogP) is 0.744. The smallest absolute Gasteiger partial charge is 0.471 e. The molecule has 19 heavy (non-hydrogen) atoms. The predicted molar refractivity (Wildman–Crippen MR) is 56.2 cm³/mol. The number of carboxylic acids is 1. The van der Waals surface area contributed by atoms with Crippen LogP contribution < -0.4 is 0 Å². The molecule has 2 saturated heterocycles. The Balaban J connectivity index is 2.11. The van der Waals surface area contributed by atoms with Crippen LogP contribution in [0.15, 0.2) is 0 Å². The van der Waals surface area contributed by atoms with E-state index in [0.717, 1.165) is 0 Å². The largest absolute Gasteiger partial charge is 0.481 e. The standard InChI is InChI=1S/C11H14F3NO4/c12-11(13,14)10(18)15-3-7(6-1-2-19-5-6)8(4-15)9(16)17/h6-8H,1-5H2,(H,16,17)/t6?,7-,8+/m0/s1. The molecule has 0 bridgehead atoms. The van der Waals surface area contributed by atoms with E-state index in [0.29, 0.717) is 24.5 Å². The summed E-state index contributed by atoms with van der Waals surface area (Å²) in [6.07, 6.45) is -4.33. The molecule has 0 radical (unpaired) electrons. The second kappa shape index (κ2) is 4.99. The molecule has 0 aromatic heterocycles. The van der Waals surface area contributed by atoms with Gasteiger partial charge in [0.1, 0.15) is 0 Å². The molecule has 2 fully saturated rings. The summed E-state index contributed by atoms with van der Waals surface area (Å²) in [5, 5.41) is 9.09. The molecule has 1 N–H and O–H groups in total. The summed E-state index contributed by atoms with van der Waals surface area (Å²) < 4.78 is 42.3. The van der Waals surface area contributed by atoms with E-state index in [-0.39, 0.29) is 19.0 Å². The third kappa shape index (κ3) is 2.83. The maximum Gasteiger partial charge on any atom is 0.471 e. The number of carbonyl (C=O) groups is 2. The van der Waals surface area contributed by atoms with Gasteiger partial charge in [-0.2, -0.15) is 13.2 Å². The Hall–Kier alpha value is -1.31. The van der Waals surface area contributed by atoms with E-state index in [2.05, 4.69) is 0 Å². The first kappa shape index (κ1) is 14.1. The average molecular weight is 281 g/mol. The lowest BCUT2D eigenvalue weighted by Gasteiger charge is -2.20. The molecule has 0 aromatic carbocycles. The molecule has 1 amide bonds. The number of aliphatic carboxylic acids is 1. The molecule has 3 atom stereocenters. The van der Waals surface area contributed by atoms with Crippen molar-refractivity contribution >= 4 is 11.9 Å². The highest BCUT2D eigenvalue weighted by atomic mass is 19.4.